The molecule has 0 heterocycles. The van der Waals surface area contributed by atoms with E-state index in [2.05, 4.69) is 0 Å². The van der Waals surface area contributed by atoms with Gasteiger partial charge in [0.1, 0.15) is 18.2 Å². The van der Waals surface area contributed by atoms with E-state index in [1.807, 2.05) is 25.1 Å². The highest BCUT2D eigenvalue weighted by atomic mass is 19.1. The molecule has 0 aromatic heterocycles. The molecule has 0 aliphatic rings. The molecule has 29 heavy (non-hydrogen) atoms. The zero-order valence-corrected chi connectivity index (χ0v) is 16.5. The molecule has 3 rings (SSSR count). The van der Waals surface area contributed by atoms with Gasteiger partial charge < -0.3 is 15.6 Å². The molecule has 4 nitrogen and oxygen atoms in total. The van der Waals surface area contributed by atoms with E-state index < -0.39 is 12.0 Å². The minimum absolute atomic E-state index is 0.107. The van der Waals surface area contributed by atoms with Crippen molar-refractivity contribution in [2.24, 2.45) is 5.73 Å². The molecule has 5 heteroatoms. The average molecular weight is 393 g/mol. The summed E-state index contributed by atoms with van der Waals surface area (Å²) in [5, 5.41) is 9.06. The molecule has 0 saturated carbocycles. The second-order valence-electron chi connectivity index (χ2n) is 7.17. The predicted octanol–water partition coefficient (Wildman–Crippen LogP) is 5.03. The number of benzene rings is 3. The molecule has 0 spiro atoms. The molecule has 3 aromatic rings. The molecule has 0 aliphatic carbocycles. The second-order valence-corrected chi connectivity index (χ2v) is 7.17. The zero-order valence-electron chi connectivity index (χ0n) is 16.5. The highest BCUT2D eigenvalue weighted by molar-refractivity contribution is 5.71. The highest BCUT2D eigenvalue weighted by Crippen LogP contribution is 2.29. The van der Waals surface area contributed by atoms with Crippen molar-refractivity contribution in [1.29, 1.82) is 0 Å². The van der Waals surface area contributed by atoms with Crippen molar-refractivity contribution < 1.29 is 19.0 Å². The largest absolute Gasteiger partial charge is 0.489 e. The summed E-state index contributed by atoms with van der Waals surface area (Å²) in [4.78, 5) is 11.0. The lowest BCUT2D eigenvalue weighted by Crippen LogP contribution is -2.08. The number of carboxylic acids is 1. The van der Waals surface area contributed by atoms with Crippen LogP contribution < -0.4 is 10.5 Å². The molecule has 0 saturated heterocycles. The minimum atomic E-state index is -0.914. The summed E-state index contributed by atoms with van der Waals surface area (Å²) in [5.74, 6) is -0.696. The lowest BCUT2D eigenvalue weighted by molar-refractivity contribution is -0.136. The Hall–Kier alpha value is -3.18. The maximum absolute atomic E-state index is 14.9. The molecular formula is C24H24FNO3. The molecule has 3 N–H and O–H groups in total. The van der Waals surface area contributed by atoms with Crippen molar-refractivity contribution in [3.63, 3.8) is 0 Å². The number of ether oxygens (including phenoxy) is 1. The Balaban J connectivity index is 1.88. The number of carboxylic acid groups (broad SMARTS) is 1. The van der Waals surface area contributed by atoms with Gasteiger partial charge in [-0.2, -0.15) is 0 Å². The Labute approximate surface area is 169 Å². The molecular weight excluding hydrogens is 369 g/mol. The highest BCUT2D eigenvalue weighted by Gasteiger charge is 2.14. The van der Waals surface area contributed by atoms with Gasteiger partial charge in [-0.15, -0.1) is 0 Å². The first kappa shape index (κ1) is 20.6. The predicted molar refractivity (Wildman–Crippen MR) is 111 cm³/mol. The van der Waals surface area contributed by atoms with E-state index in [1.54, 1.807) is 49.4 Å². The molecule has 0 amide bonds. The van der Waals surface area contributed by atoms with Crippen molar-refractivity contribution in [1.82, 2.24) is 0 Å². The fourth-order valence-electron chi connectivity index (χ4n) is 3.34. The lowest BCUT2D eigenvalue weighted by atomic mass is 9.96. The molecule has 1 atom stereocenters. The van der Waals surface area contributed by atoms with Gasteiger partial charge in [0.05, 0.1) is 6.42 Å². The van der Waals surface area contributed by atoms with Crippen LogP contribution in [0.4, 0.5) is 4.39 Å². The van der Waals surface area contributed by atoms with Crippen molar-refractivity contribution in [2.45, 2.75) is 32.9 Å². The fourth-order valence-corrected chi connectivity index (χ4v) is 3.34. The Morgan fingerprint density at radius 3 is 2.62 bits per heavy atom. The molecule has 3 aromatic carbocycles. The van der Waals surface area contributed by atoms with Gasteiger partial charge in [0.15, 0.2) is 0 Å². The first-order valence-corrected chi connectivity index (χ1v) is 9.42. The lowest BCUT2D eigenvalue weighted by Gasteiger charge is -2.14. The van der Waals surface area contributed by atoms with Crippen LogP contribution in [-0.2, 0) is 17.8 Å². The number of hydrogen-bond donors (Lipinski definition) is 2. The van der Waals surface area contributed by atoms with E-state index in [9.17, 15) is 9.18 Å². The van der Waals surface area contributed by atoms with E-state index >= 15 is 0 Å². The monoisotopic (exact) mass is 393 g/mol. The summed E-state index contributed by atoms with van der Waals surface area (Å²) in [5.41, 5.74) is 10.1. The van der Waals surface area contributed by atoms with Gasteiger partial charge in [-0.25, -0.2) is 4.39 Å². The third-order valence-electron chi connectivity index (χ3n) is 4.68. The van der Waals surface area contributed by atoms with E-state index in [4.69, 9.17) is 15.6 Å². The Bertz CT molecular complexity index is 1030. The van der Waals surface area contributed by atoms with E-state index in [0.717, 1.165) is 16.7 Å². The van der Waals surface area contributed by atoms with E-state index in [-0.39, 0.29) is 18.8 Å². The average Bonchev–Trinajstić information content (AvgIpc) is 2.66. The first-order chi connectivity index (χ1) is 13.8. The number of rotatable bonds is 7. The number of nitrogens with two attached hydrogens (primary N) is 1. The van der Waals surface area contributed by atoms with Crippen molar-refractivity contribution >= 4 is 5.97 Å². The maximum atomic E-state index is 14.9. The molecule has 0 bridgehead atoms. The second kappa shape index (κ2) is 8.88. The molecule has 150 valence electrons. The summed E-state index contributed by atoms with van der Waals surface area (Å²) in [6, 6.07) is 17.7. The quantitative estimate of drug-likeness (QED) is 0.591. The molecule has 0 fully saturated rings. The van der Waals surface area contributed by atoms with Crippen LogP contribution in [0, 0.1) is 12.7 Å². The molecule has 1 unspecified atom stereocenters. The molecule has 0 aliphatic heterocycles. The van der Waals surface area contributed by atoms with Crippen LogP contribution in [0.25, 0.3) is 11.1 Å². The minimum Gasteiger partial charge on any atom is -0.489 e. The number of aliphatic carboxylic acids is 1. The van der Waals surface area contributed by atoms with Crippen molar-refractivity contribution in [3.05, 3.63) is 88.7 Å². The Kier molecular flexibility index (Phi) is 6.29. The zero-order chi connectivity index (χ0) is 21.0. The number of halogens is 1. The maximum Gasteiger partial charge on any atom is 0.307 e. The number of carbonyl (C=O) groups is 1. The van der Waals surface area contributed by atoms with E-state index in [0.29, 0.717) is 22.4 Å². The standard InChI is InChI=1S/C24H24FNO3/c1-15-10-17(14-29-22-9-4-3-6-18(22)13-23(27)28)12-19(11-15)21-8-5-7-20(16(2)26)24(21)25/h3-12,16H,13-14,26H2,1-2H3,(H,27,28). The molecule has 0 radical (unpaired) electrons. The van der Waals surface area contributed by atoms with E-state index in [1.165, 1.54) is 0 Å². The number of aryl methyl sites for hydroxylation is 1. The van der Waals surface area contributed by atoms with Gasteiger partial charge in [0.2, 0.25) is 0 Å². The third kappa shape index (κ3) is 5.00. The number of hydrogen-bond acceptors (Lipinski definition) is 3. The number of para-hydroxylation sites is 1. The van der Waals surface area contributed by atoms with Crippen LogP contribution in [0.1, 0.15) is 35.2 Å². The summed E-state index contributed by atoms with van der Waals surface area (Å²) >= 11 is 0. The van der Waals surface area contributed by atoms with Gasteiger partial charge in [-0.05, 0) is 37.1 Å². The van der Waals surface area contributed by atoms with Crippen LogP contribution in [0.15, 0.2) is 60.7 Å². The van der Waals surface area contributed by atoms with Crippen molar-refractivity contribution in [2.75, 3.05) is 0 Å². The smallest absolute Gasteiger partial charge is 0.307 e. The first-order valence-electron chi connectivity index (χ1n) is 9.42. The summed E-state index contributed by atoms with van der Waals surface area (Å²) < 4.78 is 20.8. The van der Waals surface area contributed by atoms with Crippen LogP contribution in [0.3, 0.4) is 0 Å². The van der Waals surface area contributed by atoms with Crippen LogP contribution in [0.2, 0.25) is 0 Å². The van der Waals surface area contributed by atoms with Gasteiger partial charge in [-0.1, -0.05) is 54.1 Å². The Morgan fingerprint density at radius 1 is 1.14 bits per heavy atom. The topological polar surface area (TPSA) is 72.5 Å². The van der Waals surface area contributed by atoms with Crippen LogP contribution >= 0.6 is 0 Å². The van der Waals surface area contributed by atoms with Crippen molar-refractivity contribution in [3.8, 4) is 16.9 Å². The summed E-state index contributed by atoms with van der Waals surface area (Å²) in [7, 11) is 0. The summed E-state index contributed by atoms with van der Waals surface area (Å²) in [6.07, 6.45) is -0.107. The van der Waals surface area contributed by atoms with Gasteiger partial charge >= 0.3 is 5.97 Å². The summed E-state index contributed by atoms with van der Waals surface area (Å²) in [6.45, 7) is 3.95. The SMILES string of the molecule is Cc1cc(COc2ccccc2CC(=O)O)cc(-c2cccc(C(C)N)c2F)c1. The normalized spacial score (nSPS) is 11.9. The van der Waals surface area contributed by atoms with Gasteiger partial charge in [-0.3, -0.25) is 4.79 Å². The van der Waals surface area contributed by atoms with Gasteiger partial charge in [0, 0.05) is 22.7 Å². The van der Waals surface area contributed by atoms with Crippen LogP contribution in [-0.4, -0.2) is 11.1 Å². The van der Waals surface area contributed by atoms with Crippen LogP contribution in [0.5, 0.6) is 5.75 Å². The Morgan fingerprint density at radius 2 is 1.90 bits per heavy atom. The fraction of sp³-hybridized carbons (Fsp3) is 0.208. The van der Waals surface area contributed by atoms with Gasteiger partial charge in [0.25, 0.3) is 0 Å². The third-order valence-corrected chi connectivity index (χ3v) is 4.68.